The number of sulfone groups is 2. The minimum atomic E-state index is -3.98. The molecule has 0 aliphatic rings. The number of benzene rings is 4. The highest BCUT2D eigenvalue weighted by molar-refractivity contribution is 7.92. The molecule has 0 amide bonds. The molecule has 0 spiro atoms. The average molecular weight is 582 g/mol. The lowest BCUT2D eigenvalue weighted by Crippen LogP contribution is -2.14. The summed E-state index contributed by atoms with van der Waals surface area (Å²) in [6.07, 6.45) is 0.327. The average Bonchev–Trinajstić information content (AvgIpc) is 2.91. The van der Waals surface area contributed by atoms with Crippen LogP contribution in [-0.2, 0) is 30.9 Å². The van der Waals surface area contributed by atoms with Gasteiger partial charge in [0.05, 0.1) is 21.3 Å². The molecule has 0 aliphatic heterocycles. The van der Waals surface area contributed by atoms with Gasteiger partial charge in [0.1, 0.15) is 5.75 Å². The lowest BCUT2D eigenvalue weighted by Gasteiger charge is -2.21. The van der Waals surface area contributed by atoms with E-state index >= 15 is 0 Å². The highest BCUT2D eigenvalue weighted by atomic mass is 32.2. The Morgan fingerprint density at radius 1 is 0.737 bits per heavy atom. The highest BCUT2D eigenvalue weighted by Crippen LogP contribution is 2.45. The summed E-state index contributed by atoms with van der Waals surface area (Å²) in [5.74, 6) is -0.491. The van der Waals surface area contributed by atoms with E-state index in [1.807, 2.05) is 0 Å². The number of rotatable bonds is 13. The molecule has 0 fully saturated rings. The molecule has 4 rings (SSSR count). The Labute approximate surface area is 224 Å². The minimum Gasteiger partial charge on any atom is -0.611 e. The Balaban J connectivity index is 2.19. The van der Waals surface area contributed by atoms with E-state index in [4.69, 9.17) is 0 Å². The number of nitrogens with one attached hydrogen (secondary N) is 1. The first kappa shape index (κ1) is 28.8. The first-order chi connectivity index (χ1) is 18.1. The lowest BCUT2D eigenvalue weighted by atomic mass is 9.93. The topological polar surface area (TPSA) is 164 Å². The quantitative estimate of drug-likeness (QED) is 0.137. The molecule has 4 aromatic rings. The van der Waals surface area contributed by atoms with Crippen molar-refractivity contribution >= 4 is 68.9 Å². The van der Waals surface area contributed by atoms with Crippen LogP contribution in [0.4, 0.5) is 5.69 Å². The molecule has 206 valence electrons. The van der Waals surface area contributed by atoms with E-state index in [1.165, 1.54) is 6.07 Å². The summed E-state index contributed by atoms with van der Waals surface area (Å²) in [5, 5.41) is 33.9. The first-order valence-corrected chi connectivity index (χ1v) is 16.9. The Morgan fingerprint density at radius 3 is 1.71 bits per heavy atom. The molecule has 0 bridgehead atoms. The molecule has 0 aromatic heterocycles. The van der Waals surface area contributed by atoms with Crippen molar-refractivity contribution in [2.45, 2.75) is 33.9 Å². The molecule has 4 N–H and O–H groups in total. The van der Waals surface area contributed by atoms with E-state index in [2.05, 4.69) is 5.32 Å². The predicted molar refractivity (Wildman–Crippen MR) is 150 cm³/mol. The van der Waals surface area contributed by atoms with Gasteiger partial charge in [0, 0.05) is 77.4 Å². The standard InChI is InChI=1S/C26H31NO8S3/c1-27-21-15-22(36(31)12-2-9-28)18-6-8-20-24(38(34,35)14-4-11-30)16-23(37(32,33)13-3-10-29)19-7-5-17(21)25(18)26(19)20/h5-8,15-16,27-30H,2-4,9-14H2,1H3. The maximum absolute atomic E-state index is 13.4. The second-order valence-corrected chi connectivity index (χ2v) is 14.7. The molecule has 0 aliphatic carbocycles. The second kappa shape index (κ2) is 11.5. The van der Waals surface area contributed by atoms with Gasteiger partial charge in [0.2, 0.25) is 0 Å². The van der Waals surface area contributed by atoms with Crippen molar-refractivity contribution in [2.75, 3.05) is 49.4 Å². The summed E-state index contributed by atoms with van der Waals surface area (Å²) in [7, 11) is -6.25. The van der Waals surface area contributed by atoms with Crippen LogP contribution in [0.15, 0.2) is 51.1 Å². The van der Waals surface area contributed by atoms with E-state index in [1.54, 1.807) is 37.4 Å². The molecule has 0 saturated heterocycles. The summed E-state index contributed by atoms with van der Waals surface area (Å²) in [4.78, 5) is 0.212. The fourth-order valence-corrected chi connectivity index (χ4v) is 9.26. The van der Waals surface area contributed by atoms with Crippen molar-refractivity contribution in [3.63, 3.8) is 0 Å². The van der Waals surface area contributed by atoms with Crippen LogP contribution < -0.4 is 5.32 Å². The zero-order valence-electron chi connectivity index (χ0n) is 20.9. The van der Waals surface area contributed by atoms with Crippen LogP contribution in [0, 0.1) is 0 Å². The van der Waals surface area contributed by atoms with E-state index < -0.39 is 30.9 Å². The Morgan fingerprint density at radius 2 is 1.21 bits per heavy atom. The monoisotopic (exact) mass is 581 g/mol. The van der Waals surface area contributed by atoms with Gasteiger partial charge < -0.3 is 25.2 Å². The molecular weight excluding hydrogens is 550 g/mol. The Hall–Kier alpha value is -2.19. The second-order valence-electron chi connectivity index (χ2n) is 9.04. The molecule has 4 aromatic carbocycles. The van der Waals surface area contributed by atoms with Gasteiger partial charge >= 0.3 is 0 Å². The molecular formula is C26H31NO8S3. The molecule has 1 atom stereocenters. The number of aliphatic hydroxyl groups is 3. The first-order valence-electron chi connectivity index (χ1n) is 12.2. The molecule has 0 saturated carbocycles. The molecule has 0 heterocycles. The van der Waals surface area contributed by atoms with Gasteiger partial charge in [-0.2, -0.15) is 0 Å². The summed E-state index contributed by atoms with van der Waals surface area (Å²) >= 11 is -1.47. The zero-order chi connectivity index (χ0) is 27.7. The maximum atomic E-state index is 13.4. The lowest BCUT2D eigenvalue weighted by molar-refractivity contribution is 0.295. The van der Waals surface area contributed by atoms with Gasteiger partial charge in [-0.15, -0.1) is 0 Å². The summed E-state index contributed by atoms with van der Waals surface area (Å²) in [6.45, 7) is -0.775. The zero-order valence-corrected chi connectivity index (χ0v) is 23.4. The van der Waals surface area contributed by atoms with E-state index in [0.717, 1.165) is 0 Å². The molecule has 0 radical (unpaired) electrons. The molecule has 38 heavy (non-hydrogen) atoms. The smallest absolute Gasteiger partial charge is 0.179 e. The van der Waals surface area contributed by atoms with Crippen LogP contribution >= 0.6 is 0 Å². The van der Waals surface area contributed by atoms with Crippen molar-refractivity contribution in [1.29, 1.82) is 0 Å². The third-order valence-corrected chi connectivity index (χ3v) is 11.8. The van der Waals surface area contributed by atoms with Crippen LogP contribution in [0.1, 0.15) is 19.3 Å². The summed E-state index contributed by atoms with van der Waals surface area (Å²) in [6, 6.07) is 9.71. The minimum absolute atomic E-state index is 0.00516. The Bertz CT molecular complexity index is 1610. The van der Waals surface area contributed by atoms with Gasteiger partial charge in [-0.25, -0.2) is 16.8 Å². The normalized spacial score (nSPS) is 13.6. The SMILES string of the molecule is CNc1cc([S+]([O-])CCCO)c2ccc3c(S(=O)(=O)CCCO)cc(S(=O)(=O)CCCO)c4ccc1c2c43. The van der Waals surface area contributed by atoms with Crippen LogP contribution in [0.5, 0.6) is 0 Å². The third-order valence-electron chi connectivity index (χ3n) is 6.60. The third kappa shape index (κ3) is 5.18. The summed E-state index contributed by atoms with van der Waals surface area (Å²) in [5.41, 5.74) is 0.650. The van der Waals surface area contributed by atoms with Crippen molar-refractivity contribution < 1.29 is 36.7 Å². The van der Waals surface area contributed by atoms with Crippen molar-refractivity contribution in [3.8, 4) is 0 Å². The van der Waals surface area contributed by atoms with Crippen LogP contribution in [0.2, 0.25) is 0 Å². The van der Waals surface area contributed by atoms with Gasteiger partial charge in [-0.3, -0.25) is 0 Å². The molecule has 9 nitrogen and oxygen atoms in total. The molecule has 1 unspecified atom stereocenters. The van der Waals surface area contributed by atoms with Gasteiger partial charge in [-0.1, -0.05) is 18.2 Å². The van der Waals surface area contributed by atoms with Crippen molar-refractivity contribution in [1.82, 2.24) is 0 Å². The summed E-state index contributed by atoms with van der Waals surface area (Å²) < 4.78 is 66.9. The number of anilines is 1. The van der Waals surface area contributed by atoms with Crippen molar-refractivity contribution in [3.05, 3.63) is 36.4 Å². The number of aliphatic hydroxyl groups excluding tert-OH is 3. The van der Waals surface area contributed by atoms with Crippen LogP contribution in [0.3, 0.4) is 0 Å². The number of hydrogen-bond donors (Lipinski definition) is 4. The van der Waals surface area contributed by atoms with Crippen LogP contribution in [0.25, 0.3) is 32.3 Å². The van der Waals surface area contributed by atoms with E-state index in [-0.39, 0.29) is 59.7 Å². The fourth-order valence-electron chi connectivity index (χ4n) is 4.84. The van der Waals surface area contributed by atoms with Gasteiger partial charge in [0.15, 0.2) is 24.6 Å². The maximum Gasteiger partial charge on any atom is 0.179 e. The Kier molecular flexibility index (Phi) is 8.72. The predicted octanol–water partition coefficient (Wildman–Crippen LogP) is 2.43. The van der Waals surface area contributed by atoms with Crippen molar-refractivity contribution in [2.24, 2.45) is 0 Å². The van der Waals surface area contributed by atoms with Gasteiger partial charge in [0.25, 0.3) is 0 Å². The van der Waals surface area contributed by atoms with E-state index in [0.29, 0.717) is 49.3 Å². The van der Waals surface area contributed by atoms with Crippen LogP contribution in [-0.4, -0.2) is 80.8 Å². The highest BCUT2D eigenvalue weighted by Gasteiger charge is 2.29. The van der Waals surface area contributed by atoms with E-state index in [9.17, 15) is 36.7 Å². The fraction of sp³-hybridized carbons (Fsp3) is 0.385. The molecule has 12 heteroatoms. The van der Waals surface area contributed by atoms with Gasteiger partial charge in [-0.05, 0) is 36.2 Å². The number of hydrogen-bond acceptors (Lipinski definition) is 9. The largest absolute Gasteiger partial charge is 0.611 e.